The van der Waals surface area contributed by atoms with E-state index in [4.69, 9.17) is 0 Å². The maximum Gasteiger partial charge on any atom is 0.261 e. The predicted octanol–water partition coefficient (Wildman–Crippen LogP) is 4.52. The number of carbonyl (C=O) groups is 1. The second-order valence-electron chi connectivity index (χ2n) is 5.77. The van der Waals surface area contributed by atoms with Gasteiger partial charge in [0, 0.05) is 22.7 Å². The highest BCUT2D eigenvalue weighted by Crippen LogP contribution is 2.43. The third kappa shape index (κ3) is 3.15. The highest BCUT2D eigenvalue weighted by atomic mass is 32.2. The molecule has 0 fully saturated rings. The third-order valence-electron chi connectivity index (χ3n) is 3.43. The summed E-state index contributed by atoms with van der Waals surface area (Å²) in [4.78, 5) is 16.5. The predicted molar refractivity (Wildman–Crippen MR) is 95.7 cm³/mol. The average molecular weight is 332 g/mol. The number of amides is 1. The maximum atomic E-state index is 12.1. The van der Waals surface area contributed by atoms with Crippen LogP contribution < -0.4 is 10.2 Å². The largest absolute Gasteiger partial charge is 0.349 e. The number of nitrogens with zero attached hydrogens (tertiary/aromatic N) is 1. The van der Waals surface area contributed by atoms with Crippen LogP contribution in [0.1, 0.15) is 30.4 Å². The van der Waals surface area contributed by atoms with Crippen LogP contribution in [0.2, 0.25) is 0 Å². The van der Waals surface area contributed by atoms with E-state index < -0.39 is 0 Å². The van der Waals surface area contributed by atoms with Crippen molar-refractivity contribution in [1.82, 2.24) is 5.32 Å². The summed E-state index contributed by atoms with van der Waals surface area (Å²) in [5.41, 5.74) is 1.24. The average Bonchev–Trinajstić information content (AvgIpc) is 2.95. The molecule has 1 aromatic carbocycles. The van der Waals surface area contributed by atoms with Crippen LogP contribution >= 0.6 is 23.1 Å². The summed E-state index contributed by atoms with van der Waals surface area (Å²) in [6.45, 7) is 7.17. The van der Waals surface area contributed by atoms with Gasteiger partial charge in [0.25, 0.3) is 5.91 Å². The van der Waals surface area contributed by atoms with E-state index in [0.29, 0.717) is 5.25 Å². The Morgan fingerprint density at radius 3 is 2.82 bits per heavy atom. The number of benzene rings is 1. The van der Waals surface area contributed by atoms with Gasteiger partial charge in [0.15, 0.2) is 0 Å². The summed E-state index contributed by atoms with van der Waals surface area (Å²) in [5, 5.41) is 4.62. The lowest BCUT2D eigenvalue weighted by Gasteiger charge is -2.33. The van der Waals surface area contributed by atoms with Crippen LogP contribution in [0, 0.1) is 0 Å². The molecule has 0 bridgehead atoms. The fourth-order valence-corrected chi connectivity index (χ4v) is 4.57. The molecule has 22 heavy (non-hydrogen) atoms. The molecule has 1 amide bonds. The zero-order valence-corrected chi connectivity index (χ0v) is 14.6. The van der Waals surface area contributed by atoms with Crippen LogP contribution in [0.4, 0.5) is 10.7 Å². The lowest BCUT2D eigenvalue weighted by Crippen LogP contribution is -2.29. The molecule has 1 N–H and O–H groups in total. The zero-order chi connectivity index (χ0) is 15.7. The van der Waals surface area contributed by atoms with E-state index in [9.17, 15) is 4.79 Å². The Hall–Kier alpha value is -1.46. The van der Waals surface area contributed by atoms with Crippen LogP contribution in [0.25, 0.3) is 0 Å². The Morgan fingerprint density at radius 1 is 1.27 bits per heavy atom. The van der Waals surface area contributed by atoms with Crippen LogP contribution in [-0.2, 0) is 0 Å². The van der Waals surface area contributed by atoms with Crippen molar-refractivity contribution in [2.75, 3.05) is 11.4 Å². The minimum Gasteiger partial charge on any atom is -0.349 e. The van der Waals surface area contributed by atoms with E-state index >= 15 is 0 Å². The SMILES string of the molecule is CC(C)NC(=O)c1ccc(N2CC(C)Sc3ccccc32)s1. The summed E-state index contributed by atoms with van der Waals surface area (Å²) < 4.78 is 0. The van der Waals surface area contributed by atoms with E-state index in [2.05, 4.69) is 47.5 Å². The van der Waals surface area contributed by atoms with Crippen LogP contribution in [-0.4, -0.2) is 23.7 Å². The zero-order valence-electron chi connectivity index (χ0n) is 13.0. The fraction of sp³-hybridized carbons (Fsp3) is 0.353. The fourth-order valence-electron chi connectivity index (χ4n) is 2.53. The molecule has 3 nitrogen and oxygen atoms in total. The highest BCUT2D eigenvalue weighted by Gasteiger charge is 2.24. The van der Waals surface area contributed by atoms with Crippen molar-refractivity contribution in [3.05, 3.63) is 41.3 Å². The molecule has 0 spiro atoms. The Balaban J connectivity index is 1.89. The summed E-state index contributed by atoms with van der Waals surface area (Å²) in [6, 6.07) is 12.6. The minimum atomic E-state index is 0.0129. The van der Waals surface area contributed by atoms with Crippen molar-refractivity contribution in [3.8, 4) is 0 Å². The lowest BCUT2D eigenvalue weighted by molar-refractivity contribution is 0.0947. The molecule has 0 aliphatic carbocycles. The van der Waals surface area contributed by atoms with Gasteiger partial charge in [0.1, 0.15) is 0 Å². The first-order valence-corrected chi connectivity index (χ1v) is 9.18. The number of para-hydroxylation sites is 1. The summed E-state index contributed by atoms with van der Waals surface area (Å²) in [5.74, 6) is 0.0129. The minimum absolute atomic E-state index is 0.0129. The van der Waals surface area contributed by atoms with E-state index in [-0.39, 0.29) is 11.9 Å². The number of nitrogens with one attached hydrogen (secondary N) is 1. The van der Waals surface area contributed by atoms with Crippen LogP contribution in [0.5, 0.6) is 0 Å². The van der Waals surface area contributed by atoms with Crippen LogP contribution in [0.15, 0.2) is 41.3 Å². The third-order valence-corrected chi connectivity index (χ3v) is 5.68. The Kier molecular flexibility index (Phi) is 4.45. The second kappa shape index (κ2) is 6.34. The van der Waals surface area contributed by atoms with Crippen molar-refractivity contribution >= 4 is 39.7 Å². The monoisotopic (exact) mass is 332 g/mol. The number of hydrogen-bond donors (Lipinski definition) is 1. The van der Waals surface area contributed by atoms with Gasteiger partial charge in [-0.3, -0.25) is 4.79 Å². The van der Waals surface area contributed by atoms with E-state index in [1.54, 1.807) is 11.3 Å². The van der Waals surface area contributed by atoms with Gasteiger partial charge in [-0.2, -0.15) is 0 Å². The van der Waals surface area contributed by atoms with Crippen molar-refractivity contribution in [2.24, 2.45) is 0 Å². The van der Waals surface area contributed by atoms with E-state index in [0.717, 1.165) is 16.4 Å². The molecule has 3 rings (SSSR count). The van der Waals surface area contributed by atoms with Crippen molar-refractivity contribution in [2.45, 2.75) is 37.0 Å². The molecular weight excluding hydrogens is 312 g/mol. The summed E-state index contributed by atoms with van der Waals surface area (Å²) in [6.07, 6.45) is 0. The first-order valence-electron chi connectivity index (χ1n) is 7.48. The Labute approximate surface area is 139 Å². The first kappa shape index (κ1) is 15.4. The molecule has 116 valence electrons. The molecule has 1 aliphatic rings. The van der Waals surface area contributed by atoms with Gasteiger partial charge in [0.2, 0.25) is 0 Å². The molecule has 1 aliphatic heterocycles. The normalized spacial score (nSPS) is 17.5. The molecule has 0 saturated carbocycles. The van der Waals surface area contributed by atoms with E-state index in [1.165, 1.54) is 10.6 Å². The summed E-state index contributed by atoms with van der Waals surface area (Å²) in [7, 11) is 0. The van der Waals surface area contributed by atoms with Gasteiger partial charge in [-0.25, -0.2) is 0 Å². The van der Waals surface area contributed by atoms with E-state index in [1.807, 2.05) is 31.7 Å². The lowest BCUT2D eigenvalue weighted by atomic mass is 10.2. The number of thioether (sulfide) groups is 1. The van der Waals surface area contributed by atoms with Gasteiger partial charge in [0.05, 0.1) is 15.6 Å². The molecule has 5 heteroatoms. The molecule has 1 atom stereocenters. The molecule has 2 heterocycles. The second-order valence-corrected chi connectivity index (χ2v) is 8.32. The maximum absolute atomic E-state index is 12.1. The number of fused-ring (bicyclic) bond motifs is 1. The quantitative estimate of drug-likeness (QED) is 0.897. The standard InChI is InChI=1S/C17H20N2OS2/c1-11(2)18-17(20)15-8-9-16(22-15)19-10-12(3)21-14-7-5-4-6-13(14)19/h4-9,11-12H,10H2,1-3H3,(H,18,20). The van der Waals surface area contributed by atoms with Gasteiger partial charge in [-0.05, 0) is 38.1 Å². The number of carbonyl (C=O) groups excluding carboxylic acids is 1. The first-order chi connectivity index (χ1) is 10.5. The molecule has 1 unspecified atom stereocenters. The van der Waals surface area contributed by atoms with Gasteiger partial charge in [-0.15, -0.1) is 23.1 Å². The van der Waals surface area contributed by atoms with Gasteiger partial charge >= 0.3 is 0 Å². The Bertz CT molecular complexity index is 681. The highest BCUT2D eigenvalue weighted by molar-refractivity contribution is 8.00. The smallest absolute Gasteiger partial charge is 0.261 e. The van der Waals surface area contributed by atoms with Crippen LogP contribution in [0.3, 0.4) is 0 Å². The molecule has 2 aromatic rings. The number of anilines is 2. The summed E-state index contributed by atoms with van der Waals surface area (Å²) >= 11 is 3.48. The topological polar surface area (TPSA) is 32.3 Å². The molecular formula is C17H20N2OS2. The number of hydrogen-bond acceptors (Lipinski definition) is 4. The van der Waals surface area contributed by atoms with Gasteiger partial charge < -0.3 is 10.2 Å². The van der Waals surface area contributed by atoms with Crippen molar-refractivity contribution in [3.63, 3.8) is 0 Å². The Morgan fingerprint density at radius 2 is 2.05 bits per heavy atom. The molecule has 0 radical (unpaired) electrons. The van der Waals surface area contributed by atoms with Crippen molar-refractivity contribution in [1.29, 1.82) is 0 Å². The van der Waals surface area contributed by atoms with Gasteiger partial charge in [-0.1, -0.05) is 19.1 Å². The van der Waals surface area contributed by atoms with Crippen molar-refractivity contribution < 1.29 is 4.79 Å². The molecule has 1 aromatic heterocycles. The molecule has 0 saturated heterocycles. The number of rotatable bonds is 3. The number of thiophene rings is 1.